The molecule has 0 fully saturated rings. The summed E-state index contributed by atoms with van der Waals surface area (Å²) in [5.74, 6) is -0.529. The summed E-state index contributed by atoms with van der Waals surface area (Å²) < 4.78 is 5.37. The maximum atomic E-state index is 12.8. The highest BCUT2D eigenvalue weighted by Gasteiger charge is 2.20. The molecule has 7 nitrogen and oxygen atoms in total. The number of benzene rings is 3. The number of nitrogens with one attached hydrogen (secondary N) is 3. The van der Waals surface area contributed by atoms with Gasteiger partial charge in [0.15, 0.2) is 6.61 Å². The Morgan fingerprint density at radius 3 is 2.42 bits per heavy atom. The molecule has 0 atom stereocenters. The van der Waals surface area contributed by atoms with Crippen LogP contribution in [0.3, 0.4) is 0 Å². The molecule has 1 aliphatic rings. The molecule has 0 spiro atoms. The number of halogens is 1. The summed E-state index contributed by atoms with van der Waals surface area (Å²) in [5.41, 5.74) is 3.00. The van der Waals surface area contributed by atoms with Crippen molar-refractivity contribution in [3.63, 3.8) is 0 Å². The first kappa shape index (κ1) is 20.4. The average Bonchev–Trinajstić information content (AvgIpc) is 2.76. The minimum Gasteiger partial charge on any atom is -0.482 e. The van der Waals surface area contributed by atoms with E-state index in [9.17, 15) is 14.4 Å². The van der Waals surface area contributed by atoms with E-state index in [4.69, 9.17) is 16.3 Å². The standard InChI is InChI=1S/C23H18ClN3O4/c1-13-7-8-15(9-17(13)26-22(29)14-5-3-2-4-6-14)23(30)27-18-11-20-19(10-16(18)24)25-21(28)12-31-20/h2-11H,12H2,1H3,(H,25,28)(H,26,29)(H,27,30). The lowest BCUT2D eigenvalue weighted by atomic mass is 10.1. The van der Waals surface area contributed by atoms with Crippen molar-refractivity contribution in [2.24, 2.45) is 0 Å². The van der Waals surface area contributed by atoms with E-state index in [2.05, 4.69) is 16.0 Å². The van der Waals surface area contributed by atoms with Gasteiger partial charge in [-0.25, -0.2) is 0 Å². The predicted octanol–water partition coefficient (Wildman–Crippen LogP) is 4.48. The minimum absolute atomic E-state index is 0.107. The molecule has 4 rings (SSSR count). The van der Waals surface area contributed by atoms with Gasteiger partial charge in [0.2, 0.25) is 0 Å². The molecule has 0 radical (unpaired) electrons. The van der Waals surface area contributed by atoms with Gasteiger partial charge in [-0.3, -0.25) is 14.4 Å². The van der Waals surface area contributed by atoms with Gasteiger partial charge in [0, 0.05) is 22.9 Å². The average molecular weight is 436 g/mol. The highest BCUT2D eigenvalue weighted by Crippen LogP contribution is 2.36. The van der Waals surface area contributed by atoms with Crippen LogP contribution in [0.2, 0.25) is 5.02 Å². The molecule has 3 N–H and O–H groups in total. The summed E-state index contributed by atoms with van der Waals surface area (Å²) in [6.07, 6.45) is 0. The number of anilines is 3. The molecule has 3 aromatic carbocycles. The summed E-state index contributed by atoms with van der Waals surface area (Å²) in [7, 11) is 0. The van der Waals surface area contributed by atoms with Crippen LogP contribution in [-0.2, 0) is 4.79 Å². The number of hydrogen-bond donors (Lipinski definition) is 3. The molecule has 0 saturated heterocycles. The summed E-state index contributed by atoms with van der Waals surface area (Å²) in [6, 6.07) is 16.9. The Hall–Kier alpha value is -3.84. The fourth-order valence-corrected chi connectivity index (χ4v) is 3.28. The molecule has 0 aromatic heterocycles. The number of carbonyl (C=O) groups is 3. The third-order valence-corrected chi connectivity index (χ3v) is 5.05. The Bertz CT molecular complexity index is 1190. The molecule has 3 amide bonds. The maximum Gasteiger partial charge on any atom is 0.262 e. The predicted molar refractivity (Wildman–Crippen MR) is 119 cm³/mol. The van der Waals surface area contributed by atoms with Gasteiger partial charge >= 0.3 is 0 Å². The molecule has 0 aliphatic carbocycles. The van der Waals surface area contributed by atoms with Gasteiger partial charge in [0.05, 0.1) is 16.4 Å². The lowest BCUT2D eigenvalue weighted by Gasteiger charge is -2.19. The third kappa shape index (κ3) is 4.51. The lowest BCUT2D eigenvalue weighted by molar-refractivity contribution is -0.118. The smallest absolute Gasteiger partial charge is 0.262 e. The lowest BCUT2D eigenvalue weighted by Crippen LogP contribution is -2.25. The van der Waals surface area contributed by atoms with E-state index < -0.39 is 5.91 Å². The monoisotopic (exact) mass is 435 g/mol. The van der Waals surface area contributed by atoms with Crippen molar-refractivity contribution in [3.8, 4) is 5.75 Å². The summed E-state index contributed by atoms with van der Waals surface area (Å²) in [4.78, 5) is 36.7. The molecule has 8 heteroatoms. The Balaban J connectivity index is 1.54. The van der Waals surface area contributed by atoms with E-state index >= 15 is 0 Å². The van der Waals surface area contributed by atoms with Crippen molar-refractivity contribution in [1.29, 1.82) is 0 Å². The quantitative estimate of drug-likeness (QED) is 0.562. The third-order valence-electron chi connectivity index (χ3n) is 4.73. The largest absolute Gasteiger partial charge is 0.482 e. The van der Waals surface area contributed by atoms with E-state index in [0.717, 1.165) is 5.56 Å². The molecular formula is C23H18ClN3O4. The van der Waals surface area contributed by atoms with Crippen LogP contribution in [0.4, 0.5) is 17.1 Å². The van der Waals surface area contributed by atoms with Crippen molar-refractivity contribution in [3.05, 3.63) is 82.4 Å². The number of fused-ring (bicyclic) bond motifs is 1. The fraction of sp³-hybridized carbons (Fsp3) is 0.0870. The Morgan fingerprint density at radius 1 is 0.935 bits per heavy atom. The Kier molecular flexibility index (Phi) is 5.60. The van der Waals surface area contributed by atoms with Crippen LogP contribution in [0.15, 0.2) is 60.7 Å². The first-order valence-electron chi connectivity index (χ1n) is 9.45. The maximum absolute atomic E-state index is 12.8. The number of rotatable bonds is 4. The molecule has 0 unspecified atom stereocenters. The van der Waals surface area contributed by atoms with E-state index in [1.165, 1.54) is 6.07 Å². The van der Waals surface area contributed by atoms with Crippen molar-refractivity contribution in [1.82, 2.24) is 0 Å². The second-order valence-corrected chi connectivity index (χ2v) is 7.38. The number of hydrogen-bond acceptors (Lipinski definition) is 4. The Labute approximate surface area is 183 Å². The molecule has 0 saturated carbocycles. The minimum atomic E-state index is -0.406. The van der Waals surface area contributed by atoms with E-state index in [-0.39, 0.29) is 23.4 Å². The van der Waals surface area contributed by atoms with Crippen LogP contribution in [0.25, 0.3) is 0 Å². The first-order chi connectivity index (χ1) is 14.9. The molecule has 1 heterocycles. The number of amides is 3. The SMILES string of the molecule is Cc1ccc(C(=O)Nc2cc3c(cc2Cl)NC(=O)CO3)cc1NC(=O)c1ccccc1. The molecule has 0 bridgehead atoms. The number of ether oxygens (including phenoxy) is 1. The fourth-order valence-electron chi connectivity index (χ4n) is 3.07. The van der Waals surface area contributed by atoms with Crippen LogP contribution >= 0.6 is 11.6 Å². The van der Waals surface area contributed by atoms with Gasteiger partial charge in [-0.1, -0.05) is 35.9 Å². The van der Waals surface area contributed by atoms with E-state index in [1.807, 2.05) is 13.0 Å². The normalized spacial score (nSPS) is 12.3. The summed E-state index contributed by atoms with van der Waals surface area (Å²) in [5, 5.41) is 8.49. The molecule has 156 valence electrons. The van der Waals surface area contributed by atoms with Crippen LogP contribution < -0.4 is 20.7 Å². The zero-order chi connectivity index (χ0) is 22.0. The van der Waals surface area contributed by atoms with Gasteiger partial charge in [0.25, 0.3) is 17.7 Å². The second-order valence-electron chi connectivity index (χ2n) is 6.97. The highest BCUT2D eigenvalue weighted by molar-refractivity contribution is 6.34. The first-order valence-corrected chi connectivity index (χ1v) is 9.83. The van der Waals surface area contributed by atoms with Crippen LogP contribution in [0.1, 0.15) is 26.3 Å². The van der Waals surface area contributed by atoms with Crippen molar-refractivity contribution in [2.75, 3.05) is 22.6 Å². The molecule has 1 aliphatic heterocycles. The zero-order valence-corrected chi connectivity index (χ0v) is 17.2. The van der Waals surface area contributed by atoms with Crippen LogP contribution in [0, 0.1) is 6.92 Å². The van der Waals surface area contributed by atoms with Gasteiger partial charge in [0.1, 0.15) is 5.75 Å². The van der Waals surface area contributed by atoms with E-state index in [1.54, 1.807) is 48.5 Å². The van der Waals surface area contributed by atoms with Gasteiger partial charge in [-0.2, -0.15) is 0 Å². The molecule has 31 heavy (non-hydrogen) atoms. The van der Waals surface area contributed by atoms with Gasteiger partial charge < -0.3 is 20.7 Å². The Morgan fingerprint density at radius 2 is 1.65 bits per heavy atom. The molecular weight excluding hydrogens is 418 g/mol. The van der Waals surface area contributed by atoms with Crippen molar-refractivity contribution >= 4 is 46.4 Å². The number of aryl methyl sites for hydroxylation is 1. The van der Waals surface area contributed by atoms with Crippen molar-refractivity contribution < 1.29 is 19.1 Å². The summed E-state index contributed by atoms with van der Waals surface area (Å²) in [6.45, 7) is 1.73. The second kappa shape index (κ2) is 8.49. The van der Waals surface area contributed by atoms with E-state index in [0.29, 0.717) is 33.9 Å². The van der Waals surface area contributed by atoms with Gasteiger partial charge in [-0.15, -0.1) is 0 Å². The van der Waals surface area contributed by atoms with Crippen molar-refractivity contribution in [2.45, 2.75) is 6.92 Å². The van der Waals surface area contributed by atoms with Crippen LogP contribution in [0.5, 0.6) is 5.75 Å². The molecule has 3 aromatic rings. The van der Waals surface area contributed by atoms with Crippen LogP contribution in [-0.4, -0.2) is 24.3 Å². The summed E-state index contributed by atoms with van der Waals surface area (Å²) >= 11 is 6.26. The highest BCUT2D eigenvalue weighted by atomic mass is 35.5. The van der Waals surface area contributed by atoms with Gasteiger partial charge in [-0.05, 0) is 42.8 Å². The topological polar surface area (TPSA) is 96.5 Å². The zero-order valence-electron chi connectivity index (χ0n) is 16.5. The number of carbonyl (C=O) groups excluding carboxylic acids is 3.